The SMILES string of the molecule is CC/C=C\C/C=C\C/C=C\C/C=C\C/C=C\CCCCCC(=O)NC(COP(=O)([O-])OCC[N+](C)(C)C)C(O)/C=C/CC/C=C/CC/C=C/CCCCCCCCCCCCCCCCCCCCC. The molecule has 0 aliphatic carbocycles. The molecule has 0 fully saturated rings. The normalized spacial score (nSPS) is 14.7. The van der Waals surface area contributed by atoms with Gasteiger partial charge in [-0.2, -0.15) is 0 Å². The quantitative estimate of drug-likeness (QED) is 0.0272. The Morgan fingerprint density at radius 2 is 0.886 bits per heavy atom. The maximum Gasteiger partial charge on any atom is 0.268 e. The third kappa shape index (κ3) is 53.2. The van der Waals surface area contributed by atoms with Crippen molar-refractivity contribution in [3.05, 3.63) is 97.2 Å². The van der Waals surface area contributed by atoms with E-state index < -0.39 is 26.6 Å². The minimum atomic E-state index is -4.63. The van der Waals surface area contributed by atoms with Crippen molar-refractivity contribution >= 4 is 13.7 Å². The summed E-state index contributed by atoms with van der Waals surface area (Å²) in [5.41, 5.74) is 0. The van der Waals surface area contributed by atoms with E-state index in [2.05, 4.69) is 104 Å². The number of carbonyl (C=O) groups is 1. The number of amides is 1. The summed E-state index contributed by atoms with van der Waals surface area (Å²) in [5, 5.41) is 13.8. The summed E-state index contributed by atoms with van der Waals surface area (Å²) >= 11 is 0. The van der Waals surface area contributed by atoms with E-state index in [-0.39, 0.29) is 18.9 Å². The van der Waals surface area contributed by atoms with Gasteiger partial charge in [0.15, 0.2) is 0 Å². The van der Waals surface area contributed by atoms with Crippen molar-refractivity contribution in [2.75, 3.05) is 40.9 Å². The molecule has 0 saturated carbocycles. The lowest BCUT2D eigenvalue weighted by molar-refractivity contribution is -0.870. The Labute approximate surface area is 432 Å². The van der Waals surface area contributed by atoms with E-state index in [9.17, 15) is 19.4 Å². The van der Waals surface area contributed by atoms with Crippen LogP contribution in [0.4, 0.5) is 0 Å². The van der Waals surface area contributed by atoms with E-state index >= 15 is 0 Å². The Bertz CT molecular complexity index is 1460. The Morgan fingerprint density at radius 3 is 1.33 bits per heavy atom. The minimum Gasteiger partial charge on any atom is -0.756 e. The predicted octanol–water partition coefficient (Wildman–Crippen LogP) is 16.8. The standard InChI is InChI=1S/C61H109N2O6P/c1-6-8-10-12-14-16-18-20-22-24-26-27-28-29-30-31-32-33-34-35-37-38-40-42-44-46-48-50-52-54-60(64)59(58-69-70(66,67)68-57-56-63(3,4)5)62-61(65)55-53-51-49-47-45-43-41-39-36-25-23-21-19-17-15-13-11-9-7-2/h9,11,15,17,21,23,36-39,43-46,52,54,59-60,64H,6-8,10,12-14,16,18-20,22,24-35,40-42,47-51,53,55-58H2,1-5H3,(H-,62,65,66,67)/b11-9-,17-15-,23-21-,38-37+,39-36-,45-43-,46-44+,54-52+. The molecule has 404 valence electrons. The van der Waals surface area contributed by atoms with Gasteiger partial charge >= 0.3 is 0 Å². The van der Waals surface area contributed by atoms with Crippen LogP contribution in [0.5, 0.6) is 0 Å². The summed E-state index contributed by atoms with van der Waals surface area (Å²) in [6.07, 6.45) is 73.6. The van der Waals surface area contributed by atoms with Crippen molar-refractivity contribution in [3.63, 3.8) is 0 Å². The maximum absolute atomic E-state index is 12.9. The molecule has 2 N–H and O–H groups in total. The van der Waals surface area contributed by atoms with Gasteiger partial charge in [-0.25, -0.2) is 0 Å². The Hall–Kier alpha value is -2.58. The summed E-state index contributed by atoms with van der Waals surface area (Å²) < 4.78 is 23.3. The molecule has 0 aromatic heterocycles. The number of nitrogens with zero attached hydrogens (tertiary/aromatic N) is 1. The van der Waals surface area contributed by atoms with E-state index in [0.717, 1.165) is 77.0 Å². The molecule has 0 bridgehead atoms. The molecule has 0 aromatic carbocycles. The van der Waals surface area contributed by atoms with Crippen LogP contribution in [0.2, 0.25) is 0 Å². The van der Waals surface area contributed by atoms with Crippen molar-refractivity contribution in [3.8, 4) is 0 Å². The zero-order valence-electron chi connectivity index (χ0n) is 45.9. The summed E-state index contributed by atoms with van der Waals surface area (Å²) in [5.74, 6) is -0.245. The van der Waals surface area contributed by atoms with E-state index in [1.54, 1.807) is 6.08 Å². The topological polar surface area (TPSA) is 108 Å². The second kappa shape index (κ2) is 51.3. The number of likely N-dealkylation sites (N-methyl/N-ethyl adjacent to an activating group) is 1. The summed E-state index contributed by atoms with van der Waals surface area (Å²) in [6.45, 7) is 4.48. The van der Waals surface area contributed by atoms with Crippen LogP contribution in [0.1, 0.15) is 232 Å². The van der Waals surface area contributed by atoms with Gasteiger partial charge in [-0.05, 0) is 89.9 Å². The molecule has 70 heavy (non-hydrogen) atoms. The first-order valence-electron chi connectivity index (χ1n) is 28.6. The Kier molecular flexibility index (Phi) is 49.4. The average molecular weight is 998 g/mol. The van der Waals surface area contributed by atoms with Gasteiger partial charge in [-0.15, -0.1) is 0 Å². The highest BCUT2D eigenvalue weighted by Gasteiger charge is 2.23. The van der Waals surface area contributed by atoms with Crippen molar-refractivity contribution in [1.29, 1.82) is 0 Å². The Balaban J connectivity index is 4.33. The number of quaternary nitrogens is 1. The average Bonchev–Trinajstić information content (AvgIpc) is 3.32. The molecule has 0 radical (unpaired) electrons. The van der Waals surface area contributed by atoms with Crippen LogP contribution in [0.15, 0.2) is 97.2 Å². The smallest absolute Gasteiger partial charge is 0.268 e. The van der Waals surface area contributed by atoms with E-state index in [0.29, 0.717) is 17.4 Å². The number of aliphatic hydroxyl groups is 1. The molecule has 0 spiro atoms. The molecule has 3 unspecified atom stereocenters. The third-order valence-electron chi connectivity index (χ3n) is 12.3. The number of allylic oxidation sites excluding steroid dienone is 15. The number of unbranched alkanes of at least 4 members (excludes halogenated alkanes) is 24. The number of aliphatic hydroxyl groups excluding tert-OH is 1. The Morgan fingerprint density at radius 1 is 0.514 bits per heavy atom. The van der Waals surface area contributed by atoms with Crippen molar-refractivity contribution in [2.24, 2.45) is 0 Å². The molecule has 0 heterocycles. The molecule has 0 rings (SSSR count). The molecule has 0 saturated heterocycles. The molecule has 1 amide bonds. The van der Waals surface area contributed by atoms with E-state index in [1.807, 2.05) is 27.2 Å². The highest BCUT2D eigenvalue weighted by molar-refractivity contribution is 7.45. The molecule has 8 nitrogen and oxygen atoms in total. The van der Waals surface area contributed by atoms with Gasteiger partial charge < -0.3 is 28.8 Å². The fraction of sp³-hybridized carbons (Fsp3) is 0.721. The highest BCUT2D eigenvalue weighted by atomic mass is 31.2. The van der Waals surface area contributed by atoms with Gasteiger partial charge in [0.2, 0.25) is 5.91 Å². The van der Waals surface area contributed by atoms with Crippen LogP contribution < -0.4 is 10.2 Å². The molecule has 0 aromatic rings. The highest BCUT2D eigenvalue weighted by Crippen LogP contribution is 2.38. The second-order valence-electron chi connectivity index (χ2n) is 20.2. The van der Waals surface area contributed by atoms with Crippen molar-refractivity contribution in [1.82, 2.24) is 5.32 Å². The fourth-order valence-corrected chi connectivity index (χ4v) is 8.52. The van der Waals surface area contributed by atoms with E-state index in [4.69, 9.17) is 9.05 Å². The molecule has 0 aliphatic heterocycles. The van der Waals surface area contributed by atoms with Gasteiger partial charge in [-0.3, -0.25) is 9.36 Å². The van der Waals surface area contributed by atoms with Crippen LogP contribution in [0.25, 0.3) is 0 Å². The lowest BCUT2D eigenvalue weighted by atomic mass is 10.0. The van der Waals surface area contributed by atoms with Gasteiger partial charge in [0.05, 0.1) is 39.9 Å². The predicted molar refractivity (Wildman–Crippen MR) is 302 cm³/mol. The number of hydrogen-bond acceptors (Lipinski definition) is 6. The first-order valence-corrected chi connectivity index (χ1v) is 30.1. The fourth-order valence-electron chi connectivity index (χ4n) is 7.80. The minimum absolute atomic E-state index is 0.0210. The number of carbonyl (C=O) groups excluding carboxylic acids is 1. The lowest BCUT2D eigenvalue weighted by Crippen LogP contribution is -2.45. The number of hydrogen-bond donors (Lipinski definition) is 2. The van der Waals surface area contributed by atoms with Crippen molar-refractivity contribution in [2.45, 2.75) is 244 Å². The zero-order valence-corrected chi connectivity index (χ0v) is 46.8. The van der Waals surface area contributed by atoms with Crippen LogP contribution >= 0.6 is 7.82 Å². The maximum atomic E-state index is 12.9. The first kappa shape index (κ1) is 67.4. The summed E-state index contributed by atoms with van der Waals surface area (Å²) in [7, 11) is 1.20. The largest absolute Gasteiger partial charge is 0.756 e. The summed E-state index contributed by atoms with van der Waals surface area (Å²) in [6, 6.07) is -0.935. The molecule has 3 atom stereocenters. The van der Waals surface area contributed by atoms with Gasteiger partial charge in [-0.1, -0.05) is 233 Å². The van der Waals surface area contributed by atoms with Crippen molar-refractivity contribution < 1.29 is 32.9 Å². The van der Waals surface area contributed by atoms with Crippen LogP contribution in [-0.4, -0.2) is 68.5 Å². The lowest BCUT2D eigenvalue weighted by Gasteiger charge is -2.29. The van der Waals surface area contributed by atoms with E-state index in [1.165, 1.54) is 128 Å². The molecular weight excluding hydrogens is 888 g/mol. The van der Waals surface area contributed by atoms with Gasteiger partial charge in [0.25, 0.3) is 7.82 Å². The molecule has 0 aliphatic rings. The van der Waals surface area contributed by atoms with Gasteiger partial charge in [0, 0.05) is 6.42 Å². The van der Waals surface area contributed by atoms with Crippen LogP contribution in [-0.2, 0) is 18.4 Å². The molecular formula is C61H109N2O6P. The number of rotatable bonds is 51. The van der Waals surface area contributed by atoms with Crippen LogP contribution in [0, 0.1) is 0 Å². The monoisotopic (exact) mass is 997 g/mol. The number of phosphoric ester groups is 1. The van der Waals surface area contributed by atoms with Crippen LogP contribution in [0.3, 0.4) is 0 Å². The number of phosphoric acid groups is 1. The zero-order chi connectivity index (χ0) is 51.3. The number of nitrogens with one attached hydrogen (secondary N) is 1. The molecule has 9 heteroatoms. The second-order valence-corrected chi connectivity index (χ2v) is 21.7. The first-order chi connectivity index (χ1) is 34.0. The third-order valence-corrected chi connectivity index (χ3v) is 13.2. The summed E-state index contributed by atoms with van der Waals surface area (Å²) in [4.78, 5) is 25.4. The van der Waals surface area contributed by atoms with Gasteiger partial charge in [0.1, 0.15) is 13.2 Å².